The molecule has 4 heterocycles. The molecule has 10 atom stereocenters. The van der Waals surface area contributed by atoms with Gasteiger partial charge in [-0.2, -0.15) is 0 Å². The summed E-state index contributed by atoms with van der Waals surface area (Å²) in [6, 6.07) is 15.4. The number of ether oxygens (including phenoxy) is 2. The van der Waals surface area contributed by atoms with Gasteiger partial charge in [-0.1, -0.05) is 140 Å². The summed E-state index contributed by atoms with van der Waals surface area (Å²) in [5.74, 6) is 0.173. The molecule has 76 heavy (non-hydrogen) atoms. The number of amides is 6. The molecule has 0 saturated carbocycles. The highest BCUT2D eigenvalue weighted by Crippen LogP contribution is 2.48. The van der Waals surface area contributed by atoms with Crippen LogP contribution in [0.15, 0.2) is 60.7 Å². The largest absolute Gasteiger partial charge is 0.379 e. The summed E-state index contributed by atoms with van der Waals surface area (Å²) in [7, 11) is 3.43. The van der Waals surface area contributed by atoms with Crippen molar-refractivity contribution in [3.05, 3.63) is 71.8 Å². The van der Waals surface area contributed by atoms with E-state index in [4.69, 9.17) is 9.47 Å². The maximum absolute atomic E-state index is 14.3. The molecule has 0 aliphatic carbocycles. The summed E-state index contributed by atoms with van der Waals surface area (Å²) in [4.78, 5) is 86.0. The molecule has 0 unspecified atom stereocenters. The highest BCUT2D eigenvalue weighted by molar-refractivity contribution is 8.00. The van der Waals surface area contributed by atoms with Gasteiger partial charge in [-0.05, 0) is 99.9 Å². The second kappa shape index (κ2) is 29.7. The maximum atomic E-state index is 14.3. The van der Waals surface area contributed by atoms with Gasteiger partial charge >= 0.3 is 0 Å². The highest BCUT2D eigenvalue weighted by atomic mass is 32.2. The molecule has 16 nitrogen and oxygen atoms in total. The molecule has 0 radical (unpaired) electrons. The first-order valence-corrected chi connectivity index (χ1v) is 30.3. The van der Waals surface area contributed by atoms with Crippen LogP contribution in [0, 0.1) is 10.8 Å². The van der Waals surface area contributed by atoms with E-state index in [1.807, 2.05) is 60.7 Å². The van der Waals surface area contributed by atoms with Gasteiger partial charge in [-0.3, -0.25) is 28.8 Å². The predicted octanol–water partition coefficient (Wildman–Crippen LogP) is 7.00. The maximum Gasteiger partial charge on any atom is 0.246 e. The van der Waals surface area contributed by atoms with Gasteiger partial charge in [-0.25, -0.2) is 0 Å². The Kier molecular flexibility index (Phi) is 23.8. The Morgan fingerprint density at radius 3 is 1.25 bits per heavy atom. The van der Waals surface area contributed by atoms with Crippen molar-refractivity contribution in [2.75, 3.05) is 52.0 Å². The number of thioether (sulfide) groups is 2. The number of rotatable bonds is 29. The number of nitrogens with one attached hydrogen (secondary N) is 6. The van der Waals surface area contributed by atoms with Gasteiger partial charge in [0.15, 0.2) is 0 Å². The van der Waals surface area contributed by atoms with Gasteiger partial charge in [0.25, 0.3) is 0 Å². The first kappa shape index (κ1) is 61.0. The van der Waals surface area contributed by atoms with Crippen molar-refractivity contribution in [2.45, 2.75) is 191 Å². The number of hydrogen-bond acceptors (Lipinski definition) is 12. The lowest BCUT2D eigenvalue weighted by atomic mass is 9.83. The van der Waals surface area contributed by atoms with Crippen LogP contribution in [-0.2, 0) is 38.2 Å². The van der Waals surface area contributed by atoms with Crippen molar-refractivity contribution in [2.24, 2.45) is 10.8 Å². The second-order valence-corrected chi connectivity index (χ2v) is 25.3. The van der Waals surface area contributed by atoms with Gasteiger partial charge in [0.1, 0.15) is 24.2 Å². The summed E-state index contributed by atoms with van der Waals surface area (Å²) < 4.78 is 12.5. The van der Waals surface area contributed by atoms with Crippen LogP contribution in [0.4, 0.5) is 0 Å². The number of fused-ring (bicyclic) bond motifs is 2. The fraction of sp³-hybridized carbons (Fsp3) is 0.690. The number of unbranched alkanes of at least 4 members (excludes halogenated alkanes) is 9. The summed E-state index contributed by atoms with van der Waals surface area (Å²) in [5, 5.41) is 18.0. The number of nitrogens with zero attached hydrogens (tertiary/aromatic N) is 2. The summed E-state index contributed by atoms with van der Waals surface area (Å²) >= 11 is 3.38. The van der Waals surface area contributed by atoms with E-state index < -0.39 is 47.1 Å². The average Bonchev–Trinajstić information content (AvgIpc) is 3.73. The molecule has 0 spiro atoms. The predicted molar refractivity (Wildman–Crippen MR) is 303 cm³/mol. The van der Waals surface area contributed by atoms with E-state index in [9.17, 15) is 28.8 Å². The SMILES string of the molecule is CN[C@@H](C)C(=O)N[C@H]1CCS[C@H]2CC(C)(C)[C@@H](C(=O)N[C@H](COCCCCCCCCCCCCOC[C@@H](NC(=O)[C@H]3N4C(=O)[C@@H](NC(=O)[C@H](C)NC)CCS[C@H]4CC3(C)C)c3ccccc3)c3ccccc3)N2C1=O. The lowest BCUT2D eigenvalue weighted by molar-refractivity contribution is -0.144. The van der Waals surface area contributed by atoms with Crippen molar-refractivity contribution in [3.8, 4) is 0 Å². The van der Waals surface area contributed by atoms with Crippen LogP contribution in [0.2, 0.25) is 0 Å². The van der Waals surface area contributed by atoms with Crippen molar-refractivity contribution in [1.29, 1.82) is 0 Å². The minimum atomic E-state index is -0.687. The van der Waals surface area contributed by atoms with Crippen molar-refractivity contribution in [3.63, 3.8) is 0 Å². The Labute approximate surface area is 462 Å². The molecule has 4 aliphatic rings. The third kappa shape index (κ3) is 16.7. The molecule has 4 fully saturated rings. The van der Waals surface area contributed by atoms with Gasteiger partial charge in [0.2, 0.25) is 35.4 Å². The fourth-order valence-corrected chi connectivity index (χ4v) is 14.3. The summed E-state index contributed by atoms with van der Waals surface area (Å²) in [6.07, 6.45) is 13.5. The van der Waals surface area contributed by atoms with Crippen LogP contribution in [-0.4, -0.2) is 144 Å². The van der Waals surface area contributed by atoms with Crippen LogP contribution in [0.5, 0.6) is 0 Å². The first-order chi connectivity index (χ1) is 36.5. The quantitative estimate of drug-likeness (QED) is 0.0457. The van der Waals surface area contributed by atoms with E-state index in [-0.39, 0.29) is 58.3 Å². The number of hydrogen-bond donors (Lipinski definition) is 6. The summed E-state index contributed by atoms with van der Waals surface area (Å²) in [5.41, 5.74) is 0.968. The van der Waals surface area contributed by atoms with Crippen LogP contribution in [0.25, 0.3) is 0 Å². The van der Waals surface area contributed by atoms with Gasteiger partial charge < -0.3 is 51.2 Å². The normalized spacial score (nSPS) is 24.5. The Balaban J connectivity index is 0.866. The topological polar surface area (TPSA) is 200 Å². The average molecular weight is 1090 g/mol. The van der Waals surface area contributed by atoms with E-state index in [0.717, 1.165) is 49.7 Å². The smallest absolute Gasteiger partial charge is 0.246 e. The monoisotopic (exact) mass is 1090 g/mol. The molecule has 18 heteroatoms. The molecule has 4 saturated heterocycles. The number of benzene rings is 2. The van der Waals surface area contributed by atoms with Crippen molar-refractivity contribution in [1.82, 2.24) is 41.7 Å². The number of likely N-dealkylation sites (N-methyl/N-ethyl adjacent to an activating group) is 2. The lowest BCUT2D eigenvalue weighted by Crippen LogP contribution is -2.58. The van der Waals surface area contributed by atoms with E-state index in [1.54, 1.807) is 61.3 Å². The van der Waals surface area contributed by atoms with Gasteiger partial charge in [-0.15, -0.1) is 23.5 Å². The molecular weight excluding hydrogens is 1000 g/mol. The summed E-state index contributed by atoms with van der Waals surface area (Å²) in [6.45, 7) is 13.6. The van der Waals surface area contributed by atoms with E-state index in [2.05, 4.69) is 59.6 Å². The minimum absolute atomic E-state index is 0.138. The minimum Gasteiger partial charge on any atom is -0.379 e. The zero-order chi connectivity index (χ0) is 54.8. The van der Waals surface area contributed by atoms with Crippen LogP contribution >= 0.6 is 23.5 Å². The Morgan fingerprint density at radius 1 is 0.566 bits per heavy atom. The van der Waals surface area contributed by atoms with Crippen LogP contribution in [0.1, 0.15) is 155 Å². The van der Waals surface area contributed by atoms with Gasteiger partial charge in [0, 0.05) is 13.2 Å². The van der Waals surface area contributed by atoms with Crippen molar-refractivity contribution >= 4 is 59.0 Å². The molecule has 6 rings (SSSR count). The molecular formula is C58H90N8O8S2. The molecule has 422 valence electrons. The fourth-order valence-electron chi connectivity index (χ4n) is 11.1. The lowest BCUT2D eigenvalue weighted by Gasteiger charge is -2.35. The number of carbonyl (C=O) groups is 6. The Morgan fingerprint density at radius 2 is 0.908 bits per heavy atom. The van der Waals surface area contributed by atoms with E-state index in [0.29, 0.717) is 63.6 Å². The molecule has 2 aromatic carbocycles. The molecule has 4 aliphatic heterocycles. The molecule has 6 N–H and O–H groups in total. The zero-order valence-electron chi connectivity index (χ0n) is 46.7. The zero-order valence-corrected chi connectivity index (χ0v) is 48.3. The number of carbonyl (C=O) groups excluding carboxylic acids is 6. The Bertz CT molecular complexity index is 2040. The Hall–Kier alpha value is -4.20. The molecule has 0 bridgehead atoms. The van der Waals surface area contributed by atoms with Crippen LogP contribution in [0.3, 0.4) is 0 Å². The van der Waals surface area contributed by atoms with E-state index in [1.165, 1.54) is 25.7 Å². The third-order valence-corrected chi connectivity index (χ3v) is 18.3. The first-order valence-electron chi connectivity index (χ1n) is 28.2. The van der Waals surface area contributed by atoms with Crippen LogP contribution < -0.4 is 31.9 Å². The molecule has 0 aromatic heterocycles. The van der Waals surface area contributed by atoms with Gasteiger partial charge in [0.05, 0.1) is 48.1 Å². The molecule has 6 amide bonds. The third-order valence-electron chi connectivity index (χ3n) is 15.8. The highest BCUT2D eigenvalue weighted by Gasteiger charge is 2.56. The standard InChI is InChI=1S/C58H90N8O8S2/c1-39(59-7)51(67)61-43-29-33-75-47-35-57(3,4)49(65(47)55(43)71)53(69)63-45(41-25-19-17-20-26-41)37-73-31-23-15-13-11-9-10-12-14-16-24-32-74-38-46(42-27-21-18-22-28-42)64-54(70)50-58(5,6)36-48-66(50)56(72)44(30-34-76-48)62-52(68)40(2)60-8/h17-22,25-28,39-40,43-50,59-60H,9-16,23-24,29-38H2,1-8H3,(H,61,67)(H,62,68)(H,63,69)(H,64,70)/t39-,40-,43-,44-,45+,46+,47-,48-,49+,50+/m0/s1. The van der Waals surface area contributed by atoms with E-state index >= 15 is 0 Å². The van der Waals surface area contributed by atoms with Crippen molar-refractivity contribution < 1.29 is 38.2 Å². The second-order valence-electron chi connectivity index (χ2n) is 22.7. The molecule has 2 aromatic rings.